The normalized spacial score (nSPS) is 13.7. The Hall–Kier alpha value is -4.69. The van der Waals surface area contributed by atoms with Crippen LogP contribution in [0.4, 0.5) is 14.6 Å². The summed E-state index contributed by atoms with van der Waals surface area (Å²) < 4.78 is 46.6. The molecule has 0 radical (unpaired) electrons. The van der Waals surface area contributed by atoms with Crippen LogP contribution in [0.3, 0.4) is 0 Å². The van der Waals surface area contributed by atoms with Crippen molar-refractivity contribution in [2.75, 3.05) is 32.2 Å². The Morgan fingerprint density at radius 3 is 2.76 bits per heavy atom. The number of halogens is 2. The molecular weight excluding hydrogens is 542 g/mol. The molecule has 1 saturated heterocycles. The average molecular weight is 569 g/mol. The molecule has 0 atom stereocenters. The Morgan fingerprint density at radius 2 is 2.00 bits per heavy atom. The summed E-state index contributed by atoms with van der Waals surface area (Å²) in [6.45, 7) is 0.0495. The Balaban J connectivity index is 1.37. The zero-order chi connectivity index (χ0) is 28.9. The first-order chi connectivity index (χ1) is 19.8. The highest BCUT2D eigenvalue weighted by molar-refractivity contribution is 5.97. The topological polar surface area (TPSA) is 149 Å². The predicted molar refractivity (Wildman–Crippen MR) is 140 cm³/mol. The highest BCUT2D eigenvalue weighted by Crippen LogP contribution is 2.28. The number of carbonyl (C=O) groups is 2. The van der Waals surface area contributed by atoms with Crippen LogP contribution in [-0.4, -0.2) is 69.5 Å². The first kappa shape index (κ1) is 27.9. The predicted octanol–water partition coefficient (Wildman–Crippen LogP) is 2.50. The number of benzene rings is 1. The van der Waals surface area contributed by atoms with Crippen LogP contribution >= 0.6 is 0 Å². The fourth-order valence-electron chi connectivity index (χ4n) is 4.30. The average Bonchev–Trinajstić information content (AvgIpc) is 3.39. The number of rotatable bonds is 9. The van der Waals surface area contributed by atoms with Crippen molar-refractivity contribution in [3.63, 3.8) is 0 Å². The number of carbonyl (C=O) groups excluding carboxylic acids is 2. The van der Waals surface area contributed by atoms with Crippen LogP contribution in [-0.2, 0) is 16.1 Å². The summed E-state index contributed by atoms with van der Waals surface area (Å²) in [6.07, 6.45) is 3.78. The molecule has 1 aliphatic rings. The van der Waals surface area contributed by atoms with E-state index in [0.29, 0.717) is 43.0 Å². The van der Waals surface area contributed by atoms with E-state index in [-0.39, 0.29) is 41.2 Å². The third-order valence-electron chi connectivity index (χ3n) is 6.29. The standard InChI is InChI=1S/C27H26F2N6O6/c1-39-27-19(9-15(11-31-27)21-2-3-23-32-22(13-35(23)34-21)33-24(37)14-36)26(38)30-12-16-8-17(28)10-20(29)25(16)41-18-4-6-40-7-5-18/h2-3,8-11,13,18,36H,4-7,12,14H2,1H3,(H,30,38)(H,33,37). The second-order valence-corrected chi connectivity index (χ2v) is 9.12. The van der Waals surface area contributed by atoms with Crippen LogP contribution < -0.4 is 20.1 Å². The second kappa shape index (κ2) is 12.2. The molecule has 0 unspecified atom stereocenters. The van der Waals surface area contributed by atoms with Crippen molar-refractivity contribution >= 4 is 23.3 Å². The number of fused-ring (bicyclic) bond motifs is 1. The van der Waals surface area contributed by atoms with E-state index in [4.69, 9.17) is 19.3 Å². The third-order valence-corrected chi connectivity index (χ3v) is 6.29. The van der Waals surface area contributed by atoms with E-state index in [2.05, 4.69) is 25.7 Å². The van der Waals surface area contributed by atoms with Crippen molar-refractivity contribution in [2.45, 2.75) is 25.5 Å². The lowest BCUT2D eigenvalue weighted by molar-refractivity contribution is -0.118. The van der Waals surface area contributed by atoms with Gasteiger partial charge in [-0.1, -0.05) is 0 Å². The maximum absolute atomic E-state index is 14.7. The maximum atomic E-state index is 14.7. The number of anilines is 1. The van der Waals surface area contributed by atoms with Gasteiger partial charge in [-0.2, -0.15) is 5.10 Å². The minimum atomic E-state index is -0.859. The van der Waals surface area contributed by atoms with Gasteiger partial charge in [0.05, 0.1) is 32.2 Å². The lowest BCUT2D eigenvalue weighted by atomic mass is 10.1. The number of ether oxygens (including phenoxy) is 3. The van der Waals surface area contributed by atoms with E-state index in [1.54, 1.807) is 12.1 Å². The number of nitrogens with zero attached hydrogens (tertiary/aromatic N) is 4. The smallest absolute Gasteiger partial charge is 0.257 e. The quantitative estimate of drug-likeness (QED) is 0.277. The SMILES string of the molecule is COc1ncc(-c2ccc3nc(NC(=O)CO)cn3n2)cc1C(=O)NCc1cc(F)cc(F)c1OC1CCOCC1. The molecular formula is C27H26F2N6O6. The largest absolute Gasteiger partial charge is 0.487 e. The number of nitrogens with one attached hydrogen (secondary N) is 2. The summed E-state index contributed by atoms with van der Waals surface area (Å²) in [6, 6.07) is 6.68. The van der Waals surface area contributed by atoms with Crippen molar-refractivity contribution in [2.24, 2.45) is 0 Å². The zero-order valence-corrected chi connectivity index (χ0v) is 21.9. The van der Waals surface area contributed by atoms with Gasteiger partial charge in [-0.15, -0.1) is 0 Å². The fraction of sp³-hybridized carbons (Fsp3) is 0.296. The highest BCUT2D eigenvalue weighted by Gasteiger charge is 2.22. The van der Waals surface area contributed by atoms with Crippen LogP contribution in [0.15, 0.2) is 42.7 Å². The molecule has 3 aromatic heterocycles. The van der Waals surface area contributed by atoms with Crippen molar-refractivity contribution < 1.29 is 37.7 Å². The van der Waals surface area contributed by atoms with Crippen molar-refractivity contribution in [1.82, 2.24) is 24.9 Å². The number of pyridine rings is 1. The number of imidazole rings is 1. The Kier molecular flexibility index (Phi) is 8.31. The molecule has 1 fully saturated rings. The number of aromatic nitrogens is 4. The first-order valence-corrected chi connectivity index (χ1v) is 12.7. The molecule has 0 bridgehead atoms. The number of aliphatic hydroxyl groups excluding tert-OH is 1. The van der Waals surface area contributed by atoms with Crippen LogP contribution in [0.2, 0.25) is 0 Å². The van der Waals surface area contributed by atoms with Gasteiger partial charge in [-0.25, -0.2) is 23.3 Å². The van der Waals surface area contributed by atoms with E-state index in [0.717, 1.165) is 12.1 Å². The van der Waals surface area contributed by atoms with Crippen molar-refractivity contribution in [3.05, 3.63) is 65.5 Å². The molecule has 0 saturated carbocycles. The Labute approximate surface area is 232 Å². The lowest BCUT2D eigenvalue weighted by Crippen LogP contribution is -2.28. The summed E-state index contributed by atoms with van der Waals surface area (Å²) in [7, 11) is 1.36. The monoisotopic (exact) mass is 568 g/mol. The van der Waals surface area contributed by atoms with Gasteiger partial charge >= 0.3 is 0 Å². The van der Waals surface area contributed by atoms with Gasteiger partial charge in [0.25, 0.3) is 11.8 Å². The molecule has 1 aromatic carbocycles. The van der Waals surface area contributed by atoms with E-state index in [1.807, 2.05) is 0 Å². The first-order valence-electron chi connectivity index (χ1n) is 12.7. The maximum Gasteiger partial charge on any atom is 0.257 e. The minimum Gasteiger partial charge on any atom is -0.487 e. The summed E-state index contributed by atoms with van der Waals surface area (Å²) in [4.78, 5) is 33.1. The Morgan fingerprint density at radius 1 is 1.20 bits per heavy atom. The van der Waals surface area contributed by atoms with Crippen LogP contribution in [0, 0.1) is 11.6 Å². The number of aliphatic hydroxyl groups is 1. The number of hydrogen-bond donors (Lipinski definition) is 3. The molecule has 4 aromatic rings. The summed E-state index contributed by atoms with van der Waals surface area (Å²) in [5.41, 5.74) is 1.53. The van der Waals surface area contributed by atoms with Gasteiger partial charge in [0.15, 0.2) is 23.0 Å². The van der Waals surface area contributed by atoms with Gasteiger partial charge in [-0.05, 0) is 24.3 Å². The van der Waals surface area contributed by atoms with Gasteiger partial charge in [-0.3, -0.25) is 9.59 Å². The van der Waals surface area contributed by atoms with Crippen molar-refractivity contribution in [1.29, 1.82) is 0 Å². The molecule has 1 aliphatic heterocycles. The van der Waals surface area contributed by atoms with Gasteiger partial charge in [0, 0.05) is 42.8 Å². The Bertz CT molecular complexity index is 1590. The van der Waals surface area contributed by atoms with Crippen LogP contribution in [0.5, 0.6) is 11.6 Å². The molecule has 14 heteroatoms. The third kappa shape index (κ3) is 6.39. The van der Waals surface area contributed by atoms with Crippen LogP contribution in [0.25, 0.3) is 16.9 Å². The minimum absolute atomic E-state index is 0.0352. The highest BCUT2D eigenvalue weighted by atomic mass is 19.1. The van der Waals surface area contributed by atoms with E-state index < -0.39 is 30.1 Å². The molecule has 4 heterocycles. The van der Waals surface area contributed by atoms with Crippen LogP contribution in [0.1, 0.15) is 28.8 Å². The molecule has 12 nitrogen and oxygen atoms in total. The summed E-state index contributed by atoms with van der Waals surface area (Å²) in [5.74, 6) is -2.76. The molecule has 0 aliphatic carbocycles. The molecule has 2 amide bonds. The van der Waals surface area contributed by atoms with E-state index in [9.17, 15) is 18.4 Å². The van der Waals surface area contributed by atoms with Crippen molar-refractivity contribution in [3.8, 4) is 22.9 Å². The molecule has 214 valence electrons. The molecule has 3 N–H and O–H groups in total. The number of methoxy groups -OCH3 is 1. The lowest BCUT2D eigenvalue weighted by Gasteiger charge is -2.25. The fourth-order valence-corrected chi connectivity index (χ4v) is 4.30. The summed E-state index contributed by atoms with van der Waals surface area (Å²) in [5, 5.41) is 18.5. The van der Waals surface area contributed by atoms with Gasteiger partial charge in [0.1, 0.15) is 24.1 Å². The number of amides is 2. The van der Waals surface area contributed by atoms with Gasteiger partial charge < -0.3 is 30.0 Å². The number of hydrogen-bond acceptors (Lipinski definition) is 9. The second-order valence-electron chi connectivity index (χ2n) is 9.12. The van der Waals surface area contributed by atoms with Gasteiger partial charge in [0.2, 0.25) is 5.88 Å². The van der Waals surface area contributed by atoms with E-state index >= 15 is 0 Å². The molecule has 0 spiro atoms. The zero-order valence-electron chi connectivity index (χ0n) is 21.9. The molecule has 5 rings (SSSR count). The molecule has 41 heavy (non-hydrogen) atoms. The summed E-state index contributed by atoms with van der Waals surface area (Å²) >= 11 is 0. The van der Waals surface area contributed by atoms with E-state index in [1.165, 1.54) is 30.1 Å².